The smallest absolute Gasteiger partial charge is 0.295 e. The van der Waals surface area contributed by atoms with Gasteiger partial charge in [0.15, 0.2) is 43.6 Å². The summed E-state index contributed by atoms with van der Waals surface area (Å²) < 4.78 is 36.2. The molecule has 0 fully saturated rings. The van der Waals surface area contributed by atoms with Gasteiger partial charge in [-0.05, 0) is 282 Å². The Morgan fingerprint density at radius 3 is 0.682 bits per heavy atom. The van der Waals surface area contributed by atoms with Crippen molar-refractivity contribution in [1.29, 1.82) is 0 Å². The first kappa shape index (κ1) is 115. The molecule has 1 radical (unpaired) electrons. The van der Waals surface area contributed by atoms with E-state index in [9.17, 15) is 33.6 Å². The Hall–Kier alpha value is -14.9. The molecule has 0 aliphatic carbocycles. The van der Waals surface area contributed by atoms with Crippen LogP contribution >= 0.6 is 0 Å². The summed E-state index contributed by atoms with van der Waals surface area (Å²) in [5.41, 5.74) is 41.9. The second-order valence-electron chi connectivity index (χ2n) is 35.7. The summed E-state index contributed by atoms with van der Waals surface area (Å²) in [6.07, 6.45) is 4.10. The van der Waals surface area contributed by atoms with Crippen molar-refractivity contribution < 1.29 is 99.4 Å². The van der Waals surface area contributed by atoms with E-state index in [0.29, 0.717) is 45.3 Å². The quantitative estimate of drug-likeness (QED) is 0.0372. The zero-order valence-corrected chi connectivity index (χ0v) is 91.0. The molecule has 7 unspecified atom stereocenters. The van der Waals surface area contributed by atoms with Crippen LogP contribution in [0.15, 0.2) is 291 Å². The van der Waals surface area contributed by atoms with E-state index in [1.165, 1.54) is 117 Å². The largest absolute Gasteiger partial charge is 0.445 e. The van der Waals surface area contributed by atoms with Crippen molar-refractivity contribution >= 4 is 125 Å². The number of hydrogen-bond acceptors (Lipinski definition) is 21. The number of anilines is 14. The topological polar surface area (TPSA) is 207 Å². The number of para-hydroxylation sites is 6. The molecule has 0 saturated carbocycles. The summed E-state index contributed by atoms with van der Waals surface area (Å²) in [5.74, 6) is 0. The molecule has 22 heteroatoms. The van der Waals surface area contributed by atoms with Gasteiger partial charge in [-0.15, -0.1) is 5.56 Å². The zero-order chi connectivity index (χ0) is 105. The zero-order valence-electron chi connectivity index (χ0n) is 88.2. The van der Waals surface area contributed by atoms with Gasteiger partial charge in [0.2, 0.25) is 0 Å². The summed E-state index contributed by atoms with van der Waals surface area (Å²) in [7, 11) is 0. The monoisotopic (exact) mass is 2060 g/mol. The first-order chi connectivity index (χ1) is 71.0. The van der Waals surface area contributed by atoms with E-state index in [4.69, 9.17) is 33.2 Å². The molecule has 0 amide bonds. The van der Waals surface area contributed by atoms with Crippen LogP contribution in [0.4, 0.5) is 79.6 Å². The standard InChI is InChI=1S/2C17H17NO2.C17H16NO2.4C17H17NO2.3C2H6.CH4.Y/c3*1-12-6-5-9-17-15(12)10-14-7-3-4-8-16(14)18(17)13(2)20-11-19;2*1-12-7-8-17-15(9-12)10-14-5-3-4-6-16(14)18(17)13(2)20-11-19;2*1-12-7-8-15-10-14-5-3-4-6-16(14)18(17(15)9-12)13(2)20-11-19;3*1-2;;/h2*3-9,11,13H,10H2,1-2H3;3,5-9,11,13H,10H2,1-2H3;4*3-9,11,13H,10H2,1-2H3;3*1-2H3;1H4;/q;;-1;;;;;;;;;. The third-order valence-corrected chi connectivity index (χ3v) is 26.6. The summed E-state index contributed by atoms with van der Waals surface area (Å²) in [6, 6.07) is 103. The number of rotatable bonds is 21. The van der Waals surface area contributed by atoms with Crippen LogP contribution < -0.4 is 34.3 Å². The van der Waals surface area contributed by atoms with Gasteiger partial charge in [-0.3, -0.25) is 33.6 Å². The fourth-order valence-electron chi connectivity index (χ4n) is 19.9. The van der Waals surface area contributed by atoms with Gasteiger partial charge < -0.3 is 67.5 Å². The van der Waals surface area contributed by atoms with E-state index >= 15 is 0 Å². The molecule has 0 bridgehead atoms. The van der Waals surface area contributed by atoms with Crippen LogP contribution in [0.3, 0.4) is 0 Å². The predicted octanol–water partition coefficient (Wildman–Crippen LogP) is 28.4. The summed E-state index contributed by atoms with van der Waals surface area (Å²) in [5, 5.41) is 0. The van der Waals surface area contributed by atoms with Gasteiger partial charge in [0.25, 0.3) is 45.3 Å². The first-order valence-corrected chi connectivity index (χ1v) is 50.3. The van der Waals surface area contributed by atoms with Crippen LogP contribution in [0.2, 0.25) is 0 Å². The van der Waals surface area contributed by atoms with Crippen LogP contribution in [0.5, 0.6) is 0 Å². The van der Waals surface area contributed by atoms with E-state index < -0.39 is 0 Å². The molecule has 21 rings (SSSR count). The van der Waals surface area contributed by atoms with Crippen molar-refractivity contribution in [3.05, 3.63) is 414 Å². The van der Waals surface area contributed by atoms with Gasteiger partial charge in [-0.25, -0.2) is 0 Å². The first-order valence-electron chi connectivity index (χ1n) is 50.3. The second-order valence-corrected chi connectivity index (χ2v) is 35.7. The molecule has 7 aliphatic heterocycles. The van der Waals surface area contributed by atoms with Crippen LogP contribution in [0.1, 0.15) is 214 Å². The van der Waals surface area contributed by atoms with Gasteiger partial charge in [0, 0.05) is 145 Å². The molecule has 21 nitrogen and oxygen atoms in total. The average Bonchev–Trinajstić information content (AvgIpc) is 0.850. The Morgan fingerprint density at radius 2 is 0.412 bits per heavy atom. The Kier molecular flexibility index (Phi) is 43.2. The van der Waals surface area contributed by atoms with Crippen molar-refractivity contribution in [3.8, 4) is 0 Å². The number of nitrogens with zero attached hydrogens (tertiary/aromatic N) is 7. The second kappa shape index (κ2) is 55.6. The molecule has 14 aromatic rings. The van der Waals surface area contributed by atoms with E-state index in [1.807, 2.05) is 193 Å². The third kappa shape index (κ3) is 26.5. The Balaban J connectivity index is 0.000000175. The maximum atomic E-state index is 10.7. The molecule has 767 valence electrons. The SMILES string of the molecule is C.CC.CC.CC.Cc1ccc2c(c1)Cc1ccccc1N2C(C)OC=O.Cc1ccc2c(c1)Cc1ccccc1N2C(C)OC=O.Cc1ccc2c(c1)N(C(C)OC=O)c1ccccc1C2.Cc1ccc2c(c1)N(C(C)OC=O)c1ccccc1C2.Cc1cccc2c1Cc1cc[c-]cc1N2C(C)OC=O.Cc1cccc2c1Cc1ccccc1N2C(C)OC=O.Cc1cccc2c1Cc1ccccc1N2C(C)OC=O.[Y]. The number of hydrogen-bond donors (Lipinski definition) is 0. The number of carbonyl (C=O) groups excluding carboxylic acids is 7. The maximum absolute atomic E-state index is 10.7. The molecule has 0 N–H and O–H groups in total. The average molecular weight is 2070 g/mol. The molecular weight excluding hydrogens is 1920 g/mol. The third-order valence-electron chi connectivity index (χ3n) is 26.6. The summed E-state index contributed by atoms with van der Waals surface area (Å²) >= 11 is 0. The number of benzene rings is 14. The molecule has 7 aliphatic rings. The number of fused-ring (bicyclic) bond motifs is 14. The summed E-state index contributed by atoms with van der Waals surface area (Å²) in [6.45, 7) is 43.5. The molecule has 7 atom stereocenters. The number of aryl methyl sites for hydroxylation is 7. The van der Waals surface area contributed by atoms with Crippen molar-refractivity contribution in [3.63, 3.8) is 0 Å². The van der Waals surface area contributed by atoms with Crippen LogP contribution in [-0.2, 0) is 144 Å². The normalized spacial score (nSPS) is 13.6. The maximum Gasteiger partial charge on any atom is 0.295 e. The minimum Gasteiger partial charge on any atom is -0.445 e. The summed E-state index contributed by atoms with van der Waals surface area (Å²) in [4.78, 5) is 89.5. The number of carbonyl (C=O) groups is 7. The molecule has 148 heavy (non-hydrogen) atoms. The fraction of sp³-hybridized carbons (Fsp3) is 0.278. The van der Waals surface area contributed by atoms with Crippen LogP contribution in [-0.4, -0.2) is 88.9 Å². The fourth-order valence-corrected chi connectivity index (χ4v) is 19.9. The molecule has 0 saturated heterocycles. The molecule has 7 heterocycles. The molecular formula is C126H140N7O14Y-. The molecule has 14 aromatic carbocycles. The van der Waals surface area contributed by atoms with Crippen molar-refractivity contribution in [1.82, 2.24) is 0 Å². The van der Waals surface area contributed by atoms with Crippen molar-refractivity contribution in [2.24, 2.45) is 0 Å². The molecule has 0 aromatic heterocycles. The van der Waals surface area contributed by atoms with Crippen LogP contribution in [0, 0.1) is 54.5 Å². The number of ether oxygens (including phenoxy) is 7. The Labute approximate surface area is 900 Å². The Morgan fingerprint density at radius 1 is 0.216 bits per heavy atom. The predicted molar refractivity (Wildman–Crippen MR) is 594 cm³/mol. The van der Waals surface area contributed by atoms with Gasteiger partial charge in [-0.1, -0.05) is 260 Å². The van der Waals surface area contributed by atoms with Gasteiger partial charge >= 0.3 is 0 Å². The minimum absolute atomic E-state index is 0. The van der Waals surface area contributed by atoms with Gasteiger partial charge in [0.1, 0.15) is 0 Å². The van der Waals surface area contributed by atoms with Crippen molar-refractivity contribution in [2.75, 3.05) is 34.3 Å². The van der Waals surface area contributed by atoms with Crippen molar-refractivity contribution in [2.45, 2.75) is 234 Å². The minimum atomic E-state index is -0.345. The van der Waals surface area contributed by atoms with E-state index in [2.05, 4.69) is 277 Å². The van der Waals surface area contributed by atoms with E-state index in [1.54, 1.807) is 0 Å². The van der Waals surface area contributed by atoms with Crippen LogP contribution in [0.25, 0.3) is 0 Å². The Bertz CT molecular complexity index is 6250. The molecule has 0 spiro atoms. The van der Waals surface area contributed by atoms with Gasteiger partial charge in [-0.2, -0.15) is 24.3 Å². The van der Waals surface area contributed by atoms with E-state index in [0.717, 1.165) is 125 Å². The van der Waals surface area contributed by atoms with E-state index in [-0.39, 0.29) is 83.7 Å². The van der Waals surface area contributed by atoms with Gasteiger partial charge in [0.05, 0.1) is 0 Å².